The molecule has 2 heterocycles. The lowest BCUT2D eigenvalue weighted by Crippen LogP contribution is -2.40. The van der Waals surface area contributed by atoms with Gasteiger partial charge >= 0.3 is 5.97 Å². The van der Waals surface area contributed by atoms with Crippen LogP contribution in [0.15, 0.2) is 46.0 Å². The summed E-state index contributed by atoms with van der Waals surface area (Å²) in [4.78, 5) is 24.2. The highest BCUT2D eigenvalue weighted by atomic mass is 32.2. The zero-order chi connectivity index (χ0) is 20.1. The fourth-order valence-corrected chi connectivity index (χ4v) is 5.64. The number of piperidine rings is 1. The molecule has 2 aromatic rings. The van der Waals surface area contributed by atoms with Crippen LogP contribution >= 0.6 is 11.3 Å². The van der Waals surface area contributed by atoms with Crippen molar-refractivity contribution in [2.75, 3.05) is 25.0 Å². The number of hydrogen-bond acceptors (Lipinski definition) is 6. The lowest BCUT2D eigenvalue weighted by Gasteiger charge is -2.29. The van der Waals surface area contributed by atoms with Gasteiger partial charge in [-0.05, 0) is 42.8 Å². The van der Waals surface area contributed by atoms with Crippen molar-refractivity contribution in [3.05, 3.63) is 47.3 Å². The zero-order valence-electron chi connectivity index (χ0n) is 15.5. The van der Waals surface area contributed by atoms with Gasteiger partial charge in [-0.15, -0.1) is 11.3 Å². The minimum atomic E-state index is -3.50. The van der Waals surface area contributed by atoms with E-state index < -0.39 is 27.8 Å². The summed E-state index contributed by atoms with van der Waals surface area (Å²) < 4.78 is 31.9. The number of anilines is 1. The van der Waals surface area contributed by atoms with Gasteiger partial charge in [-0.3, -0.25) is 9.59 Å². The lowest BCUT2D eigenvalue weighted by molar-refractivity contribution is -0.152. The molecule has 9 heteroatoms. The number of para-hydroxylation sites is 1. The molecule has 7 nitrogen and oxygen atoms in total. The number of sulfonamides is 1. The molecule has 28 heavy (non-hydrogen) atoms. The topological polar surface area (TPSA) is 92.8 Å². The Morgan fingerprint density at radius 1 is 1.18 bits per heavy atom. The molecule has 150 valence electrons. The Labute approximate surface area is 168 Å². The standard InChI is InChI=1S/C19H22N2O5S2/c1-14-5-2-3-6-16(14)20-17(22)13-26-19(23)15-8-10-21(11-9-15)28(24,25)18-7-4-12-27-18/h2-7,12,15H,8-11,13H2,1H3,(H,20,22). The number of esters is 1. The fourth-order valence-electron chi connectivity index (χ4n) is 3.02. The minimum absolute atomic E-state index is 0.259. The van der Waals surface area contributed by atoms with Crippen LogP contribution in [-0.2, 0) is 24.3 Å². The van der Waals surface area contributed by atoms with Gasteiger partial charge in [-0.2, -0.15) is 4.31 Å². The minimum Gasteiger partial charge on any atom is -0.455 e. The number of ether oxygens (including phenoxy) is 1. The average molecular weight is 423 g/mol. The molecule has 0 atom stereocenters. The molecule has 0 bridgehead atoms. The van der Waals surface area contributed by atoms with Gasteiger partial charge in [0.15, 0.2) is 6.61 Å². The van der Waals surface area contributed by atoms with Gasteiger partial charge in [-0.25, -0.2) is 8.42 Å². The molecule has 3 rings (SSSR count). The molecule has 1 N–H and O–H groups in total. The summed E-state index contributed by atoms with van der Waals surface area (Å²) in [6, 6.07) is 10.6. The van der Waals surface area contributed by atoms with Gasteiger partial charge in [-0.1, -0.05) is 24.3 Å². The number of aryl methyl sites for hydroxylation is 1. The van der Waals surface area contributed by atoms with Crippen LogP contribution in [0.2, 0.25) is 0 Å². The monoisotopic (exact) mass is 422 g/mol. The second-order valence-corrected chi connectivity index (χ2v) is 9.69. The highest BCUT2D eigenvalue weighted by Crippen LogP contribution is 2.26. The largest absolute Gasteiger partial charge is 0.455 e. The molecule has 0 unspecified atom stereocenters. The summed E-state index contributed by atoms with van der Waals surface area (Å²) in [5.74, 6) is -1.27. The van der Waals surface area contributed by atoms with Crippen molar-refractivity contribution >= 4 is 38.9 Å². The van der Waals surface area contributed by atoms with E-state index in [-0.39, 0.29) is 19.7 Å². The van der Waals surface area contributed by atoms with Crippen LogP contribution in [0.25, 0.3) is 0 Å². The molecule has 0 radical (unpaired) electrons. The molecule has 0 aliphatic carbocycles. The summed E-state index contributed by atoms with van der Waals surface area (Å²) in [5, 5.41) is 4.43. The molecule has 0 saturated carbocycles. The van der Waals surface area contributed by atoms with E-state index in [4.69, 9.17) is 4.74 Å². The van der Waals surface area contributed by atoms with Crippen LogP contribution < -0.4 is 5.32 Å². The maximum Gasteiger partial charge on any atom is 0.309 e. The van der Waals surface area contributed by atoms with Gasteiger partial charge in [0.05, 0.1) is 5.92 Å². The Morgan fingerprint density at radius 2 is 1.89 bits per heavy atom. The molecule has 1 saturated heterocycles. The summed E-state index contributed by atoms with van der Waals surface area (Å²) in [6.45, 7) is 2.03. The molecule has 1 aliphatic heterocycles. The predicted octanol–water partition coefficient (Wildman–Crippen LogP) is 2.64. The van der Waals surface area contributed by atoms with Gasteiger partial charge < -0.3 is 10.1 Å². The highest BCUT2D eigenvalue weighted by molar-refractivity contribution is 7.91. The summed E-state index contributed by atoms with van der Waals surface area (Å²) >= 11 is 1.18. The molecule has 1 aliphatic rings. The Bertz CT molecular complexity index is 933. The molecular weight excluding hydrogens is 400 g/mol. The van der Waals surface area contributed by atoms with E-state index in [2.05, 4.69) is 5.32 Å². The van der Waals surface area contributed by atoms with E-state index in [0.29, 0.717) is 22.7 Å². The van der Waals surface area contributed by atoms with E-state index in [1.165, 1.54) is 15.6 Å². The number of benzene rings is 1. The number of amides is 1. The van der Waals surface area contributed by atoms with E-state index in [1.54, 1.807) is 23.6 Å². The number of carbonyl (C=O) groups is 2. The van der Waals surface area contributed by atoms with Crippen molar-refractivity contribution < 1.29 is 22.7 Å². The Balaban J connectivity index is 1.46. The number of rotatable bonds is 6. The SMILES string of the molecule is Cc1ccccc1NC(=O)COC(=O)C1CCN(S(=O)(=O)c2cccs2)CC1. The maximum atomic E-state index is 12.5. The van der Waals surface area contributed by atoms with E-state index in [0.717, 1.165) is 5.56 Å². The summed E-state index contributed by atoms with van der Waals surface area (Å²) in [5.41, 5.74) is 1.59. The molecular formula is C19H22N2O5S2. The molecule has 1 fully saturated rings. The average Bonchev–Trinajstić information content (AvgIpc) is 3.24. The Kier molecular flexibility index (Phi) is 6.48. The van der Waals surface area contributed by atoms with E-state index in [1.807, 2.05) is 25.1 Å². The second kappa shape index (κ2) is 8.85. The number of carbonyl (C=O) groups excluding carboxylic acids is 2. The zero-order valence-corrected chi connectivity index (χ0v) is 17.1. The normalized spacial score (nSPS) is 15.9. The van der Waals surface area contributed by atoms with Crippen LogP contribution in [0.4, 0.5) is 5.69 Å². The third-order valence-electron chi connectivity index (χ3n) is 4.64. The Morgan fingerprint density at radius 3 is 2.54 bits per heavy atom. The van der Waals surface area contributed by atoms with Crippen molar-refractivity contribution in [1.82, 2.24) is 4.31 Å². The first-order valence-corrected chi connectivity index (χ1v) is 11.3. The fraction of sp³-hybridized carbons (Fsp3) is 0.368. The molecule has 1 amide bonds. The number of nitrogens with zero attached hydrogens (tertiary/aromatic N) is 1. The van der Waals surface area contributed by atoms with Crippen molar-refractivity contribution in [3.8, 4) is 0 Å². The highest BCUT2D eigenvalue weighted by Gasteiger charge is 2.33. The third-order valence-corrected chi connectivity index (χ3v) is 7.91. The molecule has 0 spiro atoms. The number of nitrogens with one attached hydrogen (secondary N) is 1. The van der Waals surface area contributed by atoms with E-state index in [9.17, 15) is 18.0 Å². The van der Waals surface area contributed by atoms with E-state index >= 15 is 0 Å². The summed E-state index contributed by atoms with van der Waals surface area (Å²) in [7, 11) is -3.50. The molecule has 1 aromatic carbocycles. The van der Waals surface area contributed by atoms with Gasteiger partial charge in [0, 0.05) is 18.8 Å². The van der Waals surface area contributed by atoms with Gasteiger partial charge in [0.2, 0.25) is 0 Å². The van der Waals surface area contributed by atoms with Crippen LogP contribution in [0.3, 0.4) is 0 Å². The number of thiophene rings is 1. The van der Waals surface area contributed by atoms with Gasteiger partial charge in [0.25, 0.3) is 15.9 Å². The van der Waals surface area contributed by atoms with Crippen molar-refractivity contribution in [2.45, 2.75) is 24.0 Å². The first-order chi connectivity index (χ1) is 13.4. The quantitative estimate of drug-likeness (QED) is 0.723. The predicted molar refractivity (Wildman–Crippen MR) is 107 cm³/mol. The maximum absolute atomic E-state index is 12.5. The van der Waals surface area contributed by atoms with Crippen LogP contribution in [0, 0.1) is 12.8 Å². The van der Waals surface area contributed by atoms with Crippen molar-refractivity contribution in [3.63, 3.8) is 0 Å². The van der Waals surface area contributed by atoms with Gasteiger partial charge in [0.1, 0.15) is 4.21 Å². The summed E-state index contributed by atoms with van der Waals surface area (Å²) in [6.07, 6.45) is 0.756. The first-order valence-electron chi connectivity index (χ1n) is 8.93. The van der Waals surface area contributed by atoms with Crippen LogP contribution in [-0.4, -0.2) is 44.3 Å². The van der Waals surface area contributed by atoms with Crippen molar-refractivity contribution in [2.24, 2.45) is 5.92 Å². The lowest BCUT2D eigenvalue weighted by atomic mass is 9.98. The third kappa shape index (κ3) is 4.78. The number of hydrogen-bond donors (Lipinski definition) is 1. The van der Waals surface area contributed by atoms with Crippen LogP contribution in [0.1, 0.15) is 18.4 Å². The van der Waals surface area contributed by atoms with Crippen LogP contribution in [0.5, 0.6) is 0 Å². The first kappa shape index (κ1) is 20.5. The smallest absolute Gasteiger partial charge is 0.309 e. The molecule has 1 aromatic heterocycles. The van der Waals surface area contributed by atoms with Crippen molar-refractivity contribution in [1.29, 1.82) is 0 Å². The second-order valence-electron chi connectivity index (χ2n) is 6.58. The Hall–Kier alpha value is -2.23.